The van der Waals surface area contributed by atoms with E-state index in [-0.39, 0.29) is 18.0 Å². The van der Waals surface area contributed by atoms with Gasteiger partial charge in [-0.1, -0.05) is 11.8 Å². The Balaban J connectivity index is 1.76. The summed E-state index contributed by atoms with van der Waals surface area (Å²) in [7, 11) is 1.62. The second-order valence-corrected chi connectivity index (χ2v) is 7.75. The van der Waals surface area contributed by atoms with Crippen LogP contribution in [0.4, 0.5) is 0 Å². The molecule has 4 rings (SSSR count). The van der Waals surface area contributed by atoms with Crippen molar-refractivity contribution < 1.29 is 24.5 Å². The number of likely N-dealkylation sites (tertiary alicyclic amines) is 1. The number of aliphatic hydroxyl groups is 2. The number of likely N-dealkylation sites (N-methyl/N-ethyl adjacent to an activating group) is 1. The van der Waals surface area contributed by atoms with E-state index in [9.17, 15) is 19.8 Å². The molecule has 2 aliphatic rings. The molecule has 0 radical (unpaired) electrons. The number of nitrogens with zero attached hydrogens (tertiary/aromatic N) is 2. The van der Waals surface area contributed by atoms with E-state index in [0.29, 0.717) is 34.0 Å². The molecule has 1 fully saturated rings. The fourth-order valence-corrected chi connectivity index (χ4v) is 4.07. The number of carbonyl (C=O) groups excluding carboxylic acids is 2. The number of thiazole rings is 1. The van der Waals surface area contributed by atoms with Crippen LogP contribution in [0.25, 0.3) is 11.3 Å². The van der Waals surface area contributed by atoms with Crippen molar-refractivity contribution in [3.05, 3.63) is 33.6 Å². The number of ether oxygens (including phenoxy) is 1. The van der Waals surface area contributed by atoms with E-state index in [4.69, 9.17) is 10.5 Å². The van der Waals surface area contributed by atoms with E-state index in [0.717, 1.165) is 11.3 Å². The first-order valence-corrected chi connectivity index (χ1v) is 9.37. The number of benzene rings is 1. The topological polar surface area (TPSA) is 126 Å². The Morgan fingerprint density at radius 2 is 2.29 bits per heavy atom. The van der Waals surface area contributed by atoms with Crippen LogP contribution in [-0.2, 0) is 4.79 Å². The molecule has 1 aromatic carbocycles. The first-order chi connectivity index (χ1) is 13.3. The van der Waals surface area contributed by atoms with Crippen LogP contribution < -0.4 is 10.5 Å². The number of rotatable bonds is 1. The van der Waals surface area contributed by atoms with E-state index < -0.39 is 23.5 Å². The summed E-state index contributed by atoms with van der Waals surface area (Å²) in [6.45, 7) is 0.462. The minimum Gasteiger partial charge on any atom is -0.490 e. The molecule has 0 saturated carbocycles. The average molecular weight is 399 g/mol. The van der Waals surface area contributed by atoms with Gasteiger partial charge in [0.25, 0.3) is 11.8 Å². The summed E-state index contributed by atoms with van der Waals surface area (Å²) >= 11 is 1.03. The molecule has 2 aliphatic heterocycles. The summed E-state index contributed by atoms with van der Waals surface area (Å²) in [4.78, 5) is 29.8. The molecular weight excluding hydrogens is 382 g/mol. The standard InChI is InChI=1S/C19H17N3O5S/c1-22-7-6-19(26,18(22)25)5-4-10-2-3-13-11(8-10)14-15(12(23)9-27-13)28-17(21-14)16(20)24/h2-3,8,12,23,26H,6-7,9H2,1H3,(H2,20,24)/t12-,19+/m1/s1. The maximum atomic E-state index is 12.1. The SMILES string of the molecule is CN1CC[C@@](O)(C#Cc2ccc3c(c2)-c2nc(C(N)=O)sc2[C@H](O)CO3)C1=O. The monoisotopic (exact) mass is 399 g/mol. The molecule has 0 unspecified atom stereocenters. The van der Waals surface area contributed by atoms with Crippen molar-refractivity contribution in [3.63, 3.8) is 0 Å². The number of amides is 2. The first kappa shape index (κ1) is 18.4. The van der Waals surface area contributed by atoms with Crippen LogP contribution in [0.2, 0.25) is 0 Å². The summed E-state index contributed by atoms with van der Waals surface area (Å²) in [5.74, 6) is 4.90. The fourth-order valence-electron chi connectivity index (χ4n) is 3.16. The zero-order chi connectivity index (χ0) is 20.1. The lowest BCUT2D eigenvalue weighted by atomic mass is 10.0. The second kappa shape index (κ2) is 6.60. The number of aliphatic hydroxyl groups excluding tert-OH is 1. The Hall–Kier alpha value is -2.93. The predicted molar refractivity (Wildman–Crippen MR) is 101 cm³/mol. The number of aromatic nitrogens is 1. The van der Waals surface area contributed by atoms with Crippen LogP contribution in [-0.4, -0.2) is 57.7 Å². The van der Waals surface area contributed by atoms with Crippen LogP contribution in [0.3, 0.4) is 0 Å². The van der Waals surface area contributed by atoms with Gasteiger partial charge >= 0.3 is 0 Å². The molecular formula is C19H17N3O5S. The van der Waals surface area contributed by atoms with E-state index in [1.165, 1.54) is 4.90 Å². The zero-order valence-corrected chi connectivity index (χ0v) is 15.7. The third kappa shape index (κ3) is 3.01. The minimum absolute atomic E-state index is 0.0198. The van der Waals surface area contributed by atoms with Gasteiger partial charge in [-0.3, -0.25) is 9.59 Å². The third-order valence-corrected chi connectivity index (χ3v) is 5.89. The summed E-state index contributed by atoms with van der Waals surface area (Å²) in [6.07, 6.45) is -0.691. The van der Waals surface area contributed by atoms with Crippen LogP contribution in [0, 0.1) is 11.8 Å². The number of hydrogen-bond donors (Lipinski definition) is 3. The number of fused-ring (bicyclic) bond motifs is 3. The van der Waals surface area contributed by atoms with Gasteiger partial charge in [0.2, 0.25) is 5.60 Å². The summed E-state index contributed by atoms with van der Waals surface area (Å²) < 4.78 is 5.63. The van der Waals surface area contributed by atoms with Gasteiger partial charge in [0.05, 0.1) is 10.6 Å². The molecule has 0 aliphatic carbocycles. The van der Waals surface area contributed by atoms with Crippen LogP contribution in [0.15, 0.2) is 18.2 Å². The molecule has 144 valence electrons. The van der Waals surface area contributed by atoms with Gasteiger partial charge in [-0.2, -0.15) is 0 Å². The van der Waals surface area contributed by atoms with Crippen molar-refractivity contribution in [1.82, 2.24) is 9.88 Å². The predicted octanol–water partition coefficient (Wildman–Crippen LogP) is 0.280. The number of hydrogen-bond acceptors (Lipinski definition) is 7. The molecule has 1 saturated heterocycles. The zero-order valence-electron chi connectivity index (χ0n) is 14.9. The van der Waals surface area contributed by atoms with E-state index in [2.05, 4.69) is 16.8 Å². The largest absolute Gasteiger partial charge is 0.490 e. The highest BCUT2D eigenvalue weighted by Gasteiger charge is 2.42. The van der Waals surface area contributed by atoms with Gasteiger partial charge in [-0.15, -0.1) is 11.3 Å². The van der Waals surface area contributed by atoms with Gasteiger partial charge in [-0.25, -0.2) is 4.98 Å². The van der Waals surface area contributed by atoms with Crippen LogP contribution in [0.1, 0.15) is 32.8 Å². The van der Waals surface area contributed by atoms with Crippen molar-refractivity contribution in [1.29, 1.82) is 0 Å². The highest BCUT2D eigenvalue weighted by atomic mass is 32.1. The van der Waals surface area contributed by atoms with Crippen molar-refractivity contribution >= 4 is 23.2 Å². The molecule has 2 amide bonds. The molecule has 0 bridgehead atoms. The normalized spacial score (nSPS) is 23.2. The highest BCUT2D eigenvalue weighted by molar-refractivity contribution is 7.14. The Morgan fingerprint density at radius 3 is 2.96 bits per heavy atom. The Labute approximate surface area is 164 Å². The fraction of sp³-hybridized carbons (Fsp3) is 0.316. The van der Waals surface area contributed by atoms with E-state index >= 15 is 0 Å². The lowest BCUT2D eigenvalue weighted by Gasteiger charge is -2.13. The third-order valence-electron chi connectivity index (χ3n) is 4.72. The Bertz CT molecular complexity index is 1050. The van der Waals surface area contributed by atoms with E-state index in [1.807, 2.05) is 0 Å². The van der Waals surface area contributed by atoms with Crippen molar-refractivity contribution in [2.45, 2.75) is 18.1 Å². The molecule has 28 heavy (non-hydrogen) atoms. The smallest absolute Gasteiger partial charge is 0.277 e. The van der Waals surface area contributed by atoms with Gasteiger partial charge in [0.15, 0.2) is 5.01 Å². The molecule has 9 heteroatoms. The number of nitrogens with two attached hydrogens (primary N) is 1. The maximum absolute atomic E-state index is 12.1. The van der Waals surface area contributed by atoms with Crippen molar-refractivity contribution in [2.75, 3.05) is 20.2 Å². The summed E-state index contributed by atoms with van der Waals surface area (Å²) in [5.41, 5.74) is 5.14. The van der Waals surface area contributed by atoms with Crippen molar-refractivity contribution in [2.24, 2.45) is 5.73 Å². The van der Waals surface area contributed by atoms with Gasteiger partial charge in [0.1, 0.15) is 18.5 Å². The molecule has 1 aromatic heterocycles. The van der Waals surface area contributed by atoms with Crippen LogP contribution in [0.5, 0.6) is 5.75 Å². The Kier molecular flexibility index (Phi) is 4.34. The average Bonchev–Trinajstić information content (AvgIpc) is 3.20. The molecule has 4 N–H and O–H groups in total. The molecule has 8 nitrogen and oxygen atoms in total. The quantitative estimate of drug-likeness (QED) is 0.592. The van der Waals surface area contributed by atoms with E-state index in [1.54, 1.807) is 25.2 Å². The lowest BCUT2D eigenvalue weighted by Crippen LogP contribution is -2.37. The summed E-state index contributed by atoms with van der Waals surface area (Å²) in [6, 6.07) is 5.06. The van der Waals surface area contributed by atoms with Gasteiger partial charge < -0.3 is 25.6 Å². The highest BCUT2D eigenvalue weighted by Crippen LogP contribution is 2.41. The molecule has 0 spiro atoms. The van der Waals surface area contributed by atoms with Gasteiger partial charge in [0, 0.05) is 31.1 Å². The molecule has 3 heterocycles. The number of carbonyl (C=O) groups is 2. The second-order valence-electron chi connectivity index (χ2n) is 6.72. The lowest BCUT2D eigenvalue weighted by molar-refractivity contribution is -0.137. The number of primary amides is 1. The van der Waals surface area contributed by atoms with Gasteiger partial charge in [-0.05, 0) is 18.2 Å². The first-order valence-electron chi connectivity index (χ1n) is 8.55. The Morgan fingerprint density at radius 1 is 1.50 bits per heavy atom. The minimum atomic E-state index is -1.70. The molecule has 2 atom stereocenters. The van der Waals surface area contributed by atoms with Crippen molar-refractivity contribution in [3.8, 4) is 28.8 Å². The maximum Gasteiger partial charge on any atom is 0.277 e. The van der Waals surface area contributed by atoms with Crippen LogP contribution >= 0.6 is 11.3 Å². The molecule has 2 aromatic rings. The summed E-state index contributed by atoms with van der Waals surface area (Å²) in [5, 5.41) is 20.8.